The number of ether oxygens (including phenoxy) is 1. The summed E-state index contributed by atoms with van der Waals surface area (Å²) >= 11 is 0. The maximum absolute atomic E-state index is 13.0. The van der Waals surface area contributed by atoms with Crippen molar-refractivity contribution in [3.8, 4) is 5.75 Å². The lowest BCUT2D eigenvalue weighted by molar-refractivity contribution is -0.0171. The summed E-state index contributed by atoms with van der Waals surface area (Å²) in [4.78, 5) is 13.0. The molecule has 0 saturated heterocycles. The fourth-order valence-electron chi connectivity index (χ4n) is 7.29. The van der Waals surface area contributed by atoms with Crippen molar-refractivity contribution < 1.29 is 13.9 Å². The molecule has 7 rings (SSSR count). The molecule has 2 aromatic carbocycles. The third-order valence-corrected chi connectivity index (χ3v) is 8.75. The van der Waals surface area contributed by atoms with E-state index in [0.29, 0.717) is 18.1 Å². The number of benzene rings is 2. The molecule has 4 bridgehead atoms. The van der Waals surface area contributed by atoms with E-state index in [1.54, 1.807) is 6.07 Å². The van der Waals surface area contributed by atoms with Crippen LogP contribution in [-0.4, -0.2) is 11.4 Å². The SMILES string of the molecule is CC(C)(c1ccccc1)c1ccc(OCc2ccc(C(=O)NC34CC5CC(CC(C5)C3)C4)o2)cc1. The molecule has 4 fully saturated rings. The van der Waals surface area contributed by atoms with Crippen LogP contribution in [0.5, 0.6) is 5.75 Å². The third kappa shape index (κ3) is 4.39. The zero-order valence-electron chi connectivity index (χ0n) is 20.8. The number of amides is 1. The number of carbonyl (C=O) groups is 1. The molecular formula is C31H35NO3. The van der Waals surface area contributed by atoms with Gasteiger partial charge in [0.2, 0.25) is 0 Å². The van der Waals surface area contributed by atoms with Crippen molar-refractivity contribution in [2.24, 2.45) is 17.8 Å². The van der Waals surface area contributed by atoms with Gasteiger partial charge < -0.3 is 14.5 Å². The van der Waals surface area contributed by atoms with Gasteiger partial charge in [0.15, 0.2) is 5.76 Å². The number of rotatable bonds is 7. The highest BCUT2D eigenvalue weighted by Crippen LogP contribution is 2.55. The van der Waals surface area contributed by atoms with Gasteiger partial charge >= 0.3 is 0 Å². The Morgan fingerprint density at radius 2 is 1.49 bits per heavy atom. The lowest BCUT2D eigenvalue weighted by Gasteiger charge is -2.56. The molecular weight excluding hydrogens is 434 g/mol. The fourth-order valence-corrected chi connectivity index (χ4v) is 7.29. The topological polar surface area (TPSA) is 51.5 Å². The van der Waals surface area contributed by atoms with E-state index in [2.05, 4.69) is 55.6 Å². The molecule has 4 saturated carbocycles. The first-order valence-electron chi connectivity index (χ1n) is 13.1. The smallest absolute Gasteiger partial charge is 0.287 e. The van der Waals surface area contributed by atoms with Crippen LogP contribution in [0.25, 0.3) is 0 Å². The molecule has 0 atom stereocenters. The molecule has 4 heteroatoms. The van der Waals surface area contributed by atoms with Crippen LogP contribution in [0.2, 0.25) is 0 Å². The summed E-state index contributed by atoms with van der Waals surface area (Å²) in [7, 11) is 0. The Kier molecular flexibility index (Phi) is 5.51. The zero-order chi connectivity index (χ0) is 24.0. The van der Waals surface area contributed by atoms with Crippen LogP contribution in [0.1, 0.15) is 79.8 Å². The summed E-state index contributed by atoms with van der Waals surface area (Å²) < 4.78 is 11.8. The molecule has 0 spiro atoms. The Balaban J connectivity index is 1.06. The van der Waals surface area contributed by atoms with Crippen molar-refractivity contribution in [3.05, 3.63) is 89.4 Å². The summed E-state index contributed by atoms with van der Waals surface area (Å²) in [5.41, 5.74) is 2.42. The van der Waals surface area contributed by atoms with Gasteiger partial charge in [0, 0.05) is 11.0 Å². The standard InChI is InChI=1S/C31H35NO3/c1-30(2,24-6-4-3-5-7-24)25-8-10-26(11-9-25)34-20-27-12-13-28(35-27)29(33)32-31-17-21-14-22(18-31)16-23(15-21)19-31/h3-13,21-23H,14-20H2,1-2H3,(H,32,33). The molecule has 0 aliphatic heterocycles. The first-order valence-corrected chi connectivity index (χ1v) is 13.1. The molecule has 0 unspecified atom stereocenters. The summed E-state index contributed by atoms with van der Waals surface area (Å²) in [5, 5.41) is 3.39. The van der Waals surface area contributed by atoms with Crippen molar-refractivity contribution in [2.45, 2.75) is 69.9 Å². The van der Waals surface area contributed by atoms with E-state index in [4.69, 9.17) is 9.15 Å². The molecule has 1 N–H and O–H groups in total. The molecule has 1 amide bonds. The van der Waals surface area contributed by atoms with E-state index < -0.39 is 0 Å². The molecule has 4 nitrogen and oxygen atoms in total. The Bertz CT molecular complexity index is 1160. The minimum Gasteiger partial charge on any atom is -0.486 e. The second-order valence-corrected chi connectivity index (χ2v) is 11.7. The quantitative estimate of drug-likeness (QED) is 0.410. The van der Waals surface area contributed by atoms with E-state index in [0.717, 1.165) is 42.8 Å². The van der Waals surface area contributed by atoms with Gasteiger partial charge in [0.25, 0.3) is 5.91 Å². The Hall–Kier alpha value is -3.01. The van der Waals surface area contributed by atoms with Crippen LogP contribution >= 0.6 is 0 Å². The van der Waals surface area contributed by atoms with E-state index in [9.17, 15) is 4.79 Å². The van der Waals surface area contributed by atoms with Crippen molar-refractivity contribution in [2.75, 3.05) is 0 Å². The molecule has 182 valence electrons. The number of carbonyl (C=O) groups excluding carboxylic acids is 1. The first kappa shape index (κ1) is 22.5. The molecule has 3 aromatic rings. The predicted octanol–water partition coefficient (Wildman–Crippen LogP) is 6.88. The van der Waals surface area contributed by atoms with Gasteiger partial charge in [-0.2, -0.15) is 0 Å². The van der Waals surface area contributed by atoms with Crippen LogP contribution in [0, 0.1) is 17.8 Å². The zero-order valence-corrected chi connectivity index (χ0v) is 20.8. The van der Waals surface area contributed by atoms with Crippen molar-refractivity contribution in [3.63, 3.8) is 0 Å². The highest BCUT2D eigenvalue weighted by molar-refractivity contribution is 5.92. The normalized spacial score (nSPS) is 27.1. The fraction of sp³-hybridized carbons (Fsp3) is 0.452. The number of hydrogen-bond donors (Lipinski definition) is 1. The third-order valence-electron chi connectivity index (χ3n) is 8.75. The monoisotopic (exact) mass is 469 g/mol. The molecule has 0 radical (unpaired) electrons. The van der Waals surface area contributed by atoms with Crippen LogP contribution < -0.4 is 10.1 Å². The number of nitrogens with one attached hydrogen (secondary N) is 1. The molecule has 4 aliphatic carbocycles. The van der Waals surface area contributed by atoms with E-state index in [-0.39, 0.29) is 16.9 Å². The highest BCUT2D eigenvalue weighted by Gasteiger charge is 2.51. The van der Waals surface area contributed by atoms with Crippen molar-refractivity contribution in [1.29, 1.82) is 0 Å². The highest BCUT2D eigenvalue weighted by atomic mass is 16.5. The van der Waals surface area contributed by atoms with Gasteiger partial charge in [-0.25, -0.2) is 0 Å². The van der Waals surface area contributed by atoms with Gasteiger partial charge in [0.1, 0.15) is 18.1 Å². The number of furan rings is 1. The van der Waals surface area contributed by atoms with E-state index in [1.807, 2.05) is 24.3 Å². The van der Waals surface area contributed by atoms with Gasteiger partial charge in [-0.1, -0.05) is 56.3 Å². The van der Waals surface area contributed by atoms with E-state index in [1.165, 1.54) is 30.4 Å². The largest absolute Gasteiger partial charge is 0.486 e. The lowest BCUT2D eigenvalue weighted by atomic mass is 9.53. The second kappa shape index (κ2) is 8.58. The van der Waals surface area contributed by atoms with Crippen LogP contribution in [-0.2, 0) is 12.0 Å². The Labute approximate surface area is 208 Å². The summed E-state index contributed by atoms with van der Waals surface area (Å²) in [6.45, 7) is 4.76. The second-order valence-electron chi connectivity index (χ2n) is 11.7. The maximum Gasteiger partial charge on any atom is 0.287 e. The van der Waals surface area contributed by atoms with Gasteiger partial charge in [-0.3, -0.25) is 4.79 Å². The van der Waals surface area contributed by atoms with Gasteiger partial charge in [-0.05, 0) is 91.7 Å². The molecule has 1 aromatic heterocycles. The summed E-state index contributed by atoms with van der Waals surface area (Å²) in [5.74, 6) is 4.15. The lowest BCUT2D eigenvalue weighted by Crippen LogP contribution is -2.59. The molecule has 1 heterocycles. The van der Waals surface area contributed by atoms with Gasteiger partial charge in [0.05, 0.1) is 0 Å². The predicted molar refractivity (Wildman–Crippen MR) is 136 cm³/mol. The maximum atomic E-state index is 13.0. The van der Waals surface area contributed by atoms with Crippen LogP contribution in [0.15, 0.2) is 71.1 Å². The Morgan fingerprint density at radius 1 is 0.886 bits per heavy atom. The minimum atomic E-state index is -0.0836. The van der Waals surface area contributed by atoms with E-state index >= 15 is 0 Å². The summed E-state index contributed by atoms with van der Waals surface area (Å²) in [6.07, 6.45) is 7.50. The van der Waals surface area contributed by atoms with Gasteiger partial charge in [-0.15, -0.1) is 0 Å². The van der Waals surface area contributed by atoms with Crippen molar-refractivity contribution in [1.82, 2.24) is 5.32 Å². The average molecular weight is 470 g/mol. The van der Waals surface area contributed by atoms with Crippen LogP contribution in [0.4, 0.5) is 0 Å². The average Bonchev–Trinajstić information content (AvgIpc) is 3.32. The Morgan fingerprint density at radius 3 is 2.11 bits per heavy atom. The number of hydrogen-bond acceptors (Lipinski definition) is 3. The van der Waals surface area contributed by atoms with Crippen molar-refractivity contribution >= 4 is 5.91 Å². The first-order chi connectivity index (χ1) is 16.9. The minimum absolute atomic E-state index is 0.00937. The molecule has 35 heavy (non-hydrogen) atoms. The van der Waals surface area contributed by atoms with Crippen LogP contribution in [0.3, 0.4) is 0 Å². The summed E-state index contributed by atoms with van der Waals surface area (Å²) in [6, 6.07) is 22.4. The molecule has 4 aliphatic rings.